The van der Waals surface area contributed by atoms with Crippen molar-refractivity contribution < 1.29 is 50.0 Å². The fourth-order valence-corrected chi connectivity index (χ4v) is 10.6. The molecule has 0 amide bonds. The van der Waals surface area contributed by atoms with E-state index < -0.39 is 67.1 Å². The predicted molar refractivity (Wildman–Crippen MR) is 165 cm³/mol. The normalized spacial score (nSPS) is 49.0. The molecule has 17 atom stereocenters. The van der Waals surface area contributed by atoms with Crippen LogP contribution in [0.3, 0.4) is 0 Å². The smallest absolute Gasteiger partial charge is 0.187 e. The largest absolute Gasteiger partial charge is 0.394 e. The number of carbonyl (C=O) groups is 1. The molecule has 0 aromatic heterocycles. The van der Waals surface area contributed by atoms with Crippen molar-refractivity contribution in [3.05, 3.63) is 12.2 Å². The molecule has 45 heavy (non-hydrogen) atoms. The van der Waals surface area contributed by atoms with Gasteiger partial charge in [0.25, 0.3) is 0 Å². The Morgan fingerprint density at radius 2 is 1.64 bits per heavy atom. The quantitative estimate of drug-likeness (QED) is 0.204. The monoisotopic (exact) mass is 638 g/mol. The summed E-state index contributed by atoms with van der Waals surface area (Å²) in [6, 6.07) is 0. The molecule has 258 valence electrons. The summed E-state index contributed by atoms with van der Waals surface area (Å²) in [4.78, 5) is 13.6. The fourth-order valence-electron chi connectivity index (χ4n) is 10.6. The van der Waals surface area contributed by atoms with Crippen LogP contribution in [0.1, 0.15) is 86.5 Å². The van der Waals surface area contributed by atoms with E-state index in [0.717, 1.165) is 25.7 Å². The predicted octanol–water partition coefficient (Wildman–Crippen LogP) is 1.94. The highest BCUT2D eigenvalue weighted by Gasteiger charge is 2.64. The van der Waals surface area contributed by atoms with Crippen LogP contribution in [0.5, 0.6) is 0 Å². The molecule has 4 aliphatic carbocycles. The number of hydrogen-bond donors (Lipinski definition) is 7. The maximum absolute atomic E-state index is 13.6. The topological polar surface area (TPSA) is 177 Å². The van der Waals surface area contributed by atoms with Crippen molar-refractivity contribution in [1.29, 1.82) is 0 Å². The first-order chi connectivity index (χ1) is 20.9. The minimum absolute atomic E-state index is 0.117. The van der Waals surface area contributed by atoms with Crippen LogP contribution in [0.25, 0.3) is 0 Å². The fraction of sp³-hybridized carbons (Fsp3) is 0.914. The molecule has 10 heteroatoms. The summed E-state index contributed by atoms with van der Waals surface area (Å²) < 4.78 is 11.9. The molecule has 0 aromatic carbocycles. The number of aliphatic hydroxyl groups is 7. The molecule has 7 N–H and O–H groups in total. The number of aliphatic hydroxyl groups excluding tert-OH is 7. The Kier molecular flexibility index (Phi) is 9.82. The second kappa shape index (κ2) is 12.5. The number of fused-ring (bicyclic) bond motifs is 5. The highest BCUT2D eigenvalue weighted by Crippen LogP contribution is 2.68. The van der Waals surface area contributed by atoms with E-state index in [4.69, 9.17) is 9.47 Å². The summed E-state index contributed by atoms with van der Waals surface area (Å²) >= 11 is 0. The Bertz CT molecular complexity index is 1100. The van der Waals surface area contributed by atoms with Gasteiger partial charge in [0.05, 0.1) is 24.9 Å². The van der Waals surface area contributed by atoms with Crippen LogP contribution in [-0.2, 0) is 14.3 Å². The second-order valence-corrected chi connectivity index (χ2v) is 16.8. The summed E-state index contributed by atoms with van der Waals surface area (Å²) in [7, 11) is 0. The Morgan fingerprint density at radius 1 is 1.00 bits per heavy atom. The van der Waals surface area contributed by atoms with E-state index >= 15 is 0 Å². The molecule has 5 aliphatic rings. The maximum Gasteiger partial charge on any atom is 0.187 e. The Labute approximate surface area is 267 Å². The number of ether oxygens (including phenoxy) is 2. The molecule has 5 rings (SSSR count). The third-order valence-electron chi connectivity index (χ3n) is 13.5. The molecule has 10 nitrogen and oxygen atoms in total. The zero-order chi connectivity index (χ0) is 33.4. The van der Waals surface area contributed by atoms with Gasteiger partial charge in [-0.25, -0.2) is 0 Å². The lowest BCUT2D eigenvalue weighted by Crippen LogP contribution is -2.61. The Morgan fingerprint density at radius 3 is 2.27 bits per heavy atom. The van der Waals surface area contributed by atoms with Gasteiger partial charge in [-0.15, -0.1) is 0 Å². The third kappa shape index (κ3) is 5.88. The van der Waals surface area contributed by atoms with Crippen LogP contribution in [0.2, 0.25) is 0 Å². The van der Waals surface area contributed by atoms with Crippen molar-refractivity contribution in [3.8, 4) is 0 Å². The van der Waals surface area contributed by atoms with E-state index in [1.165, 1.54) is 0 Å². The van der Waals surface area contributed by atoms with Crippen molar-refractivity contribution in [2.45, 2.75) is 142 Å². The van der Waals surface area contributed by atoms with Crippen molar-refractivity contribution in [3.63, 3.8) is 0 Å². The number of hydrogen-bond acceptors (Lipinski definition) is 10. The van der Waals surface area contributed by atoms with Gasteiger partial charge in [0, 0.05) is 12.3 Å². The van der Waals surface area contributed by atoms with Crippen molar-refractivity contribution in [1.82, 2.24) is 0 Å². The van der Waals surface area contributed by atoms with E-state index in [0.29, 0.717) is 30.8 Å². The van der Waals surface area contributed by atoms with Crippen molar-refractivity contribution in [2.75, 3.05) is 6.61 Å². The third-order valence-corrected chi connectivity index (χ3v) is 13.5. The van der Waals surface area contributed by atoms with Gasteiger partial charge in [-0.05, 0) is 89.9 Å². The second-order valence-electron chi connectivity index (χ2n) is 16.8. The Hall–Kier alpha value is -0.950. The van der Waals surface area contributed by atoms with E-state index in [1.54, 1.807) is 0 Å². The summed E-state index contributed by atoms with van der Waals surface area (Å²) in [5.74, 6) is 0.633. The minimum atomic E-state index is -1.60. The maximum atomic E-state index is 13.6. The van der Waals surface area contributed by atoms with Crippen molar-refractivity contribution >= 4 is 5.78 Å². The van der Waals surface area contributed by atoms with Crippen LogP contribution < -0.4 is 0 Å². The number of carbonyl (C=O) groups excluding carboxylic acids is 1. The highest BCUT2D eigenvalue weighted by atomic mass is 16.7. The zero-order valence-electron chi connectivity index (χ0n) is 27.9. The van der Waals surface area contributed by atoms with Gasteiger partial charge >= 0.3 is 0 Å². The molecule has 0 aromatic rings. The summed E-state index contributed by atoms with van der Waals surface area (Å²) in [5, 5.41) is 74.2. The number of rotatable bonds is 7. The Balaban J connectivity index is 1.38. The SMILES string of the molecule is C=C([C@@H](O[C@@H]1O[C@H](CO)[C@@H](O)[C@H](O)[C@H]1O)[C@H](O)[C@@H](C)[C@H]1CC[C@@H]2[C@@H]3CC(=O)[C@H]4C[C@H](O)[C@@H](O)C[C@]4(C)[C@@H]3CC[C@]12C)C(C)(C)C. The molecule has 0 unspecified atom stereocenters. The van der Waals surface area contributed by atoms with Crippen LogP contribution in [0.4, 0.5) is 0 Å². The summed E-state index contributed by atoms with van der Waals surface area (Å²) in [6.07, 6.45) is -5.95. The molecule has 5 fully saturated rings. The minimum Gasteiger partial charge on any atom is -0.394 e. The molecule has 0 spiro atoms. The molecule has 1 heterocycles. The number of ketones is 1. The molecular weight excluding hydrogens is 580 g/mol. The van der Waals surface area contributed by atoms with E-state index in [9.17, 15) is 40.5 Å². The first-order valence-electron chi connectivity index (χ1n) is 17.1. The van der Waals surface area contributed by atoms with Gasteiger partial charge in [-0.1, -0.05) is 48.1 Å². The van der Waals surface area contributed by atoms with Crippen LogP contribution in [0.15, 0.2) is 12.2 Å². The average Bonchev–Trinajstić information content (AvgIpc) is 3.33. The number of Topliss-reactive ketones (excluding diaryl/α,β-unsaturated/α-hetero) is 1. The van der Waals surface area contributed by atoms with Crippen LogP contribution in [0, 0.1) is 51.8 Å². The lowest BCUT2D eigenvalue weighted by atomic mass is 9.44. The van der Waals surface area contributed by atoms with Gasteiger partial charge in [0.15, 0.2) is 6.29 Å². The van der Waals surface area contributed by atoms with Gasteiger partial charge in [-0.2, -0.15) is 0 Å². The van der Waals surface area contributed by atoms with E-state index in [1.807, 2.05) is 27.7 Å². The lowest BCUT2D eigenvalue weighted by molar-refractivity contribution is -0.316. The first kappa shape index (κ1) is 35.4. The van der Waals surface area contributed by atoms with Crippen LogP contribution in [-0.4, -0.2) is 103 Å². The molecule has 0 bridgehead atoms. The van der Waals surface area contributed by atoms with Gasteiger partial charge in [-0.3, -0.25) is 4.79 Å². The van der Waals surface area contributed by atoms with E-state index in [-0.39, 0.29) is 46.2 Å². The zero-order valence-corrected chi connectivity index (χ0v) is 27.9. The summed E-state index contributed by atoms with van der Waals surface area (Å²) in [6.45, 7) is 16.1. The van der Waals surface area contributed by atoms with Gasteiger partial charge in [0.1, 0.15) is 36.3 Å². The molecule has 0 radical (unpaired) electrons. The first-order valence-corrected chi connectivity index (χ1v) is 17.1. The summed E-state index contributed by atoms with van der Waals surface area (Å²) in [5.41, 5.74) is -0.351. The van der Waals surface area contributed by atoms with Crippen molar-refractivity contribution in [2.24, 2.45) is 51.8 Å². The molecular formula is C35H58O10. The molecule has 1 saturated heterocycles. The lowest BCUT2D eigenvalue weighted by Gasteiger charge is -2.61. The van der Waals surface area contributed by atoms with E-state index in [2.05, 4.69) is 20.4 Å². The van der Waals surface area contributed by atoms with Gasteiger partial charge in [0.2, 0.25) is 0 Å². The standard InChI is InChI=1S/C35H58O10/c1-16(27(40)31(17(2)33(3,4)5)45-32-30(43)29(42)28(41)26(15-36)44-32)19-8-9-20-18-12-23(37)22-13-24(38)25(39)14-35(22,7)21(18)10-11-34(19,20)6/h16,18-22,24-32,36,38-43H,2,8-15H2,1,3-7H3/t16-,18-,19+,20+,21+,22+,24-,25-,26+,27+,28+,29-,30+,31+,32-,34+,35+/m0/s1. The molecule has 1 aliphatic heterocycles. The van der Waals surface area contributed by atoms with Gasteiger partial charge < -0.3 is 45.2 Å². The highest BCUT2D eigenvalue weighted by molar-refractivity contribution is 5.83. The molecule has 4 saturated carbocycles. The van der Waals surface area contributed by atoms with Crippen LogP contribution >= 0.6 is 0 Å². The average molecular weight is 639 g/mol.